The summed E-state index contributed by atoms with van der Waals surface area (Å²) in [5.41, 5.74) is 0. The Hall–Kier alpha value is -0.900. The maximum atomic E-state index is 5.60. The molecule has 1 aromatic rings. The van der Waals surface area contributed by atoms with Gasteiger partial charge in [-0.25, -0.2) is 0 Å². The minimum Gasteiger partial charge on any atom is -0.493 e. The molecule has 0 atom stereocenters. The van der Waals surface area contributed by atoms with Crippen LogP contribution in [0.3, 0.4) is 0 Å². The van der Waals surface area contributed by atoms with E-state index >= 15 is 0 Å². The second-order valence-electron chi connectivity index (χ2n) is 3.30. The fraction of sp³-hybridized carbons (Fsp3) is 0.455. The molecule has 1 rings (SSSR count). The fourth-order valence-corrected chi connectivity index (χ4v) is 1.60. The van der Waals surface area contributed by atoms with Gasteiger partial charge in [0.05, 0.1) is 24.8 Å². The summed E-state index contributed by atoms with van der Waals surface area (Å²) in [6, 6.07) is 3.64. The third kappa shape index (κ3) is 3.02. The van der Waals surface area contributed by atoms with Crippen LogP contribution in [0, 0.1) is 0 Å². The number of hydrogen-bond acceptors (Lipinski definition) is 3. The van der Waals surface area contributed by atoms with Crippen molar-refractivity contribution in [3.05, 3.63) is 16.6 Å². The third-order valence-corrected chi connectivity index (χ3v) is 2.42. The quantitative estimate of drug-likeness (QED) is 0.844. The lowest BCUT2D eigenvalue weighted by atomic mass is 10.3. The molecule has 0 aromatic heterocycles. The largest absolute Gasteiger partial charge is 0.493 e. The molecule has 0 fully saturated rings. The normalized spacial score (nSPS) is 10.3. The average Bonchev–Trinajstić information content (AvgIpc) is 2.19. The molecule has 0 radical (unpaired) electrons. The van der Waals surface area contributed by atoms with Gasteiger partial charge in [0.2, 0.25) is 0 Å². The van der Waals surface area contributed by atoms with E-state index < -0.39 is 0 Å². The van der Waals surface area contributed by atoms with Crippen molar-refractivity contribution in [2.75, 3.05) is 14.2 Å². The molecule has 0 aliphatic rings. The zero-order chi connectivity index (χ0) is 11.4. The van der Waals surface area contributed by atoms with Gasteiger partial charge in [0.25, 0.3) is 0 Å². The van der Waals surface area contributed by atoms with E-state index in [1.807, 2.05) is 26.0 Å². The summed E-state index contributed by atoms with van der Waals surface area (Å²) in [5, 5.41) is 0. The van der Waals surface area contributed by atoms with Crippen LogP contribution >= 0.6 is 15.9 Å². The molecule has 0 N–H and O–H groups in total. The Morgan fingerprint density at radius 3 is 2.00 bits per heavy atom. The molecule has 1 aromatic carbocycles. The second-order valence-corrected chi connectivity index (χ2v) is 4.16. The Balaban J connectivity index is 3.08. The minimum atomic E-state index is 0.124. The summed E-state index contributed by atoms with van der Waals surface area (Å²) >= 11 is 3.42. The van der Waals surface area contributed by atoms with Crippen molar-refractivity contribution in [1.82, 2.24) is 0 Å². The van der Waals surface area contributed by atoms with E-state index in [1.54, 1.807) is 14.2 Å². The lowest BCUT2D eigenvalue weighted by molar-refractivity contribution is 0.238. The number of benzene rings is 1. The fourth-order valence-electron chi connectivity index (χ4n) is 1.18. The Labute approximate surface area is 98.5 Å². The molecule has 3 nitrogen and oxygen atoms in total. The summed E-state index contributed by atoms with van der Waals surface area (Å²) in [5.74, 6) is 2.10. The monoisotopic (exact) mass is 274 g/mol. The van der Waals surface area contributed by atoms with Gasteiger partial charge in [0.15, 0.2) is 11.5 Å². The molecule has 0 unspecified atom stereocenters. The summed E-state index contributed by atoms with van der Waals surface area (Å²) < 4.78 is 16.8. The number of hydrogen-bond donors (Lipinski definition) is 0. The van der Waals surface area contributed by atoms with E-state index in [9.17, 15) is 0 Å². The van der Waals surface area contributed by atoms with Crippen LogP contribution < -0.4 is 14.2 Å². The highest BCUT2D eigenvalue weighted by atomic mass is 79.9. The first-order valence-electron chi connectivity index (χ1n) is 4.66. The number of ether oxygens (including phenoxy) is 3. The van der Waals surface area contributed by atoms with E-state index in [2.05, 4.69) is 15.9 Å². The van der Waals surface area contributed by atoms with Gasteiger partial charge in [-0.1, -0.05) is 0 Å². The highest BCUT2D eigenvalue weighted by Gasteiger charge is 2.11. The molecule has 15 heavy (non-hydrogen) atoms. The van der Waals surface area contributed by atoms with Crippen LogP contribution in [-0.4, -0.2) is 20.3 Å². The average molecular weight is 275 g/mol. The standard InChI is InChI=1S/C11H15BrO3/c1-7(2)15-9-6-11(14-4)10(13-3)5-8(9)12/h5-7H,1-4H3. The van der Waals surface area contributed by atoms with Crippen LogP contribution in [0.15, 0.2) is 16.6 Å². The van der Waals surface area contributed by atoms with E-state index in [1.165, 1.54) is 0 Å². The van der Waals surface area contributed by atoms with Crippen molar-refractivity contribution in [1.29, 1.82) is 0 Å². The van der Waals surface area contributed by atoms with Gasteiger partial charge >= 0.3 is 0 Å². The zero-order valence-electron chi connectivity index (χ0n) is 9.33. The molecule has 4 heteroatoms. The Morgan fingerprint density at radius 1 is 1.00 bits per heavy atom. The Kier molecular flexibility index (Phi) is 4.27. The lowest BCUT2D eigenvalue weighted by Crippen LogP contribution is -2.06. The van der Waals surface area contributed by atoms with Crippen molar-refractivity contribution < 1.29 is 14.2 Å². The highest BCUT2D eigenvalue weighted by Crippen LogP contribution is 2.37. The van der Waals surface area contributed by atoms with Gasteiger partial charge in [-0.3, -0.25) is 0 Å². The van der Waals surface area contributed by atoms with Crippen LogP contribution in [0.4, 0.5) is 0 Å². The first kappa shape index (κ1) is 12.2. The van der Waals surface area contributed by atoms with Crippen molar-refractivity contribution in [3.8, 4) is 17.2 Å². The molecule has 0 saturated heterocycles. The van der Waals surface area contributed by atoms with Crippen molar-refractivity contribution >= 4 is 15.9 Å². The number of halogens is 1. The molecule has 0 amide bonds. The SMILES string of the molecule is COc1cc(Br)c(OC(C)C)cc1OC. The molecule has 0 aliphatic carbocycles. The third-order valence-electron chi connectivity index (χ3n) is 1.80. The molecule has 0 heterocycles. The smallest absolute Gasteiger partial charge is 0.164 e. The van der Waals surface area contributed by atoms with Crippen molar-refractivity contribution in [3.63, 3.8) is 0 Å². The molecule has 0 bridgehead atoms. The van der Waals surface area contributed by atoms with E-state index in [0.717, 1.165) is 10.2 Å². The second kappa shape index (κ2) is 5.26. The summed E-state index contributed by atoms with van der Waals surface area (Å²) in [6.07, 6.45) is 0.124. The maximum absolute atomic E-state index is 5.60. The van der Waals surface area contributed by atoms with Gasteiger partial charge < -0.3 is 14.2 Å². The molecular weight excluding hydrogens is 260 g/mol. The zero-order valence-corrected chi connectivity index (χ0v) is 10.9. The first-order valence-corrected chi connectivity index (χ1v) is 5.46. The first-order chi connectivity index (χ1) is 7.08. The van der Waals surface area contributed by atoms with Crippen LogP contribution in [0.25, 0.3) is 0 Å². The summed E-state index contributed by atoms with van der Waals surface area (Å²) in [6.45, 7) is 3.95. The van der Waals surface area contributed by atoms with E-state index in [4.69, 9.17) is 14.2 Å². The molecular formula is C11H15BrO3. The van der Waals surface area contributed by atoms with E-state index in [0.29, 0.717) is 11.5 Å². The predicted molar refractivity (Wildman–Crippen MR) is 63.0 cm³/mol. The molecule has 0 saturated carbocycles. The number of methoxy groups -OCH3 is 2. The van der Waals surface area contributed by atoms with Crippen LogP contribution in [0.5, 0.6) is 17.2 Å². The highest BCUT2D eigenvalue weighted by molar-refractivity contribution is 9.10. The lowest BCUT2D eigenvalue weighted by Gasteiger charge is -2.14. The molecule has 0 spiro atoms. The molecule has 84 valence electrons. The van der Waals surface area contributed by atoms with Gasteiger partial charge in [0, 0.05) is 12.1 Å². The van der Waals surface area contributed by atoms with Crippen LogP contribution in [0.2, 0.25) is 0 Å². The Bertz CT molecular complexity index is 337. The summed E-state index contributed by atoms with van der Waals surface area (Å²) in [4.78, 5) is 0. The van der Waals surface area contributed by atoms with E-state index in [-0.39, 0.29) is 6.10 Å². The van der Waals surface area contributed by atoms with Crippen molar-refractivity contribution in [2.45, 2.75) is 20.0 Å². The van der Waals surface area contributed by atoms with Crippen molar-refractivity contribution in [2.24, 2.45) is 0 Å². The Morgan fingerprint density at radius 2 is 1.53 bits per heavy atom. The van der Waals surface area contributed by atoms with Crippen LogP contribution in [0.1, 0.15) is 13.8 Å². The molecule has 0 aliphatic heterocycles. The topological polar surface area (TPSA) is 27.7 Å². The van der Waals surface area contributed by atoms with Gasteiger partial charge in [0.1, 0.15) is 5.75 Å². The van der Waals surface area contributed by atoms with Gasteiger partial charge in [-0.2, -0.15) is 0 Å². The van der Waals surface area contributed by atoms with Gasteiger partial charge in [-0.15, -0.1) is 0 Å². The number of rotatable bonds is 4. The predicted octanol–water partition coefficient (Wildman–Crippen LogP) is 3.25. The minimum absolute atomic E-state index is 0.124. The van der Waals surface area contributed by atoms with Crippen LogP contribution in [-0.2, 0) is 0 Å². The maximum Gasteiger partial charge on any atom is 0.164 e. The summed E-state index contributed by atoms with van der Waals surface area (Å²) in [7, 11) is 3.21. The van der Waals surface area contributed by atoms with Gasteiger partial charge in [-0.05, 0) is 29.8 Å².